The van der Waals surface area contributed by atoms with Gasteiger partial charge < -0.3 is 15.0 Å². The maximum Gasteiger partial charge on any atom is 0.409 e. The lowest BCUT2D eigenvalue weighted by Crippen LogP contribution is -2.61. The monoisotopic (exact) mass is 482 g/mol. The molecule has 2 aromatic rings. The first-order chi connectivity index (χ1) is 16.8. The Morgan fingerprint density at radius 2 is 2.03 bits per heavy atom. The summed E-state index contributed by atoms with van der Waals surface area (Å²) in [4.78, 5) is 21.1. The summed E-state index contributed by atoms with van der Waals surface area (Å²) >= 11 is 0. The highest BCUT2D eigenvalue weighted by molar-refractivity contribution is 5.68. The molecule has 2 saturated heterocycles. The number of halogens is 1. The molecule has 4 heterocycles. The molecule has 0 unspecified atom stereocenters. The van der Waals surface area contributed by atoms with Crippen LogP contribution in [0, 0.1) is 11.8 Å². The molecule has 1 N–H and O–H groups in total. The van der Waals surface area contributed by atoms with E-state index in [1.54, 1.807) is 11.8 Å². The van der Waals surface area contributed by atoms with Gasteiger partial charge in [-0.3, -0.25) is 4.90 Å². The number of carbonyl (C=O) groups is 1. The van der Waals surface area contributed by atoms with Crippen LogP contribution in [-0.2, 0) is 4.74 Å². The van der Waals surface area contributed by atoms with Gasteiger partial charge in [-0.1, -0.05) is 19.8 Å². The van der Waals surface area contributed by atoms with Crippen LogP contribution < -0.4 is 5.32 Å². The molecule has 2 aromatic heterocycles. The Labute approximate surface area is 206 Å². The highest BCUT2D eigenvalue weighted by atomic mass is 19.1. The smallest absolute Gasteiger partial charge is 0.409 e. The van der Waals surface area contributed by atoms with Crippen LogP contribution in [0.4, 0.5) is 15.0 Å². The van der Waals surface area contributed by atoms with E-state index in [2.05, 4.69) is 42.2 Å². The number of fused-ring (bicyclic) bond motifs is 1. The lowest BCUT2D eigenvalue weighted by molar-refractivity contribution is -0.0683. The molecule has 8 nitrogen and oxygen atoms in total. The number of anilines is 1. The van der Waals surface area contributed by atoms with Gasteiger partial charge in [0, 0.05) is 55.5 Å². The van der Waals surface area contributed by atoms with Crippen LogP contribution in [0.2, 0.25) is 0 Å². The number of nitrogens with zero attached hydrogens (tertiary/aromatic N) is 5. The number of amides is 1. The van der Waals surface area contributed by atoms with E-state index in [1.165, 1.54) is 12.8 Å². The molecule has 5 rings (SSSR count). The Bertz CT molecular complexity index is 1130. The van der Waals surface area contributed by atoms with Crippen LogP contribution in [0.1, 0.15) is 69.5 Å². The number of likely N-dealkylation sites (tertiary alicyclic amines) is 2. The summed E-state index contributed by atoms with van der Waals surface area (Å²) in [6.07, 6.45) is 5.46. The third kappa shape index (κ3) is 5.22. The molecule has 0 radical (unpaired) electrons. The molecule has 188 valence electrons. The summed E-state index contributed by atoms with van der Waals surface area (Å²) in [5.74, 6) is 7.61. The van der Waals surface area contributed by atoms with Crippen LogP contribution in [0.25, 0.3) is 5.65 Å². The van der Waals surface area contributed by atoms with Crippen LogP contribution >= 0.6 is 0 Å². The number of ether oxygens (including phenoxy) is 1. The number of rotatable bonds is 7. The Kier molecular flexibility index (Phi) is 6.58. The van der Waals surface area contributed by atoms with Crippen LogP contribution in [-0.4, -0.2) is 81.5 Å². The van der Waals surface area contributed by atoms with Gasteiger partial charge in [-0.2, -0.15) is 9.61 Å². The van der Waals surface area contributed by atoms with Crippen molar-refractivity contribution >= 4 is 17.6 Å². The Morgan fingerprint density at radius 3 is 2.69 bits per heavy atom. The third-order valence-electron chi connectivity index (χ3n) is 7.19. The fourth-order valence-corrected chi connectivity index (χ4v) is 4.94. The lowest BCUT2D eigenvalue weighted by atomic mass is 9.97. The van der Waals surface area contributed by atoms with E-state index in [9.17, 15) is 9.18 Å². The van der Waals surface area contributed by atoms with Crippen molar-refractivity contribution < 1.29 is 13.9 Å². The van der Waals surface area contributed by atoms with Crippen molar-refractivity contribution in [3.05, 3.63) is 23.5 Å². The zero-order valence-corrected chi connectivity index (χ0v) is 20.9. The molecule has 0 atom stereocenters. The maximum atomic E-state index is 14.7. The molecular formula is C26H35FN6O2. The molecule has 0 aromatic carbocycles. The second-order valence-corrected chi connectivity index (χ2v) is 10.5. The fraction of sp³-hybridized carbons (Fsp3) is 0.654. The van der Waals surface area contributed by atoms with Crippen LogP contribution in [0.3, 0.4) is 0 Å². The molecule has 0 spiro atoms. The van der Waals surface area contributed by atoms with Gasteiger partial charge >= 0.3 is 6.09 Å². The highest BCUT2D eigenvalue weighted by Gasteiger charge is 2.44. The van der Waals surface area contributed by atoms with Crippen molar-refractivity contribution in [2.24, 2.45) is 0 Å². The number of carbonyl (C=O) groups excluding carboxylic acids is 1. The van der Waals surface area contributed by atoms with Gasteiger partial charge in [0.05, 0.1) is 12.7 Å². The first-order valence-corrected chi connectivity index (χ1v) is 12.7. The van der Waals surface area contributed by atoms with Gasteiger partial charge in [0.2, 0.25) is 0 Å². The average molecular weight is 483 g/mol. The summed E-state index contributed by atoms with van der Waals surface area (Å²) in [6.45, 7) is 8.13. The topological polar surface area (TPSA) is 75.0 Å². The summed E-state index contributed by atoms with van der Waals surface area (Å²) < 4.78 is 21.9. The predicted molar refractivity (Wildman–Crippen MR) is 132 cm³/mol. The van der Waals surface area contributed by atoms with Gasteiger partial charge in [0.1, 0.15) is 12.4 Å². The minimum Gasteiger partial charge on any atom is -0.446 e. The maximum absolute atomic E-state index is 14.7. The quantitative estimate of drug-likeness (QED) is 0.606. The zero-order valence-electron chi connectivity index (χ0n) is 20.9. The molecule has 35 heavy (non-hydrogen) atoms. The van der Waals surface area contributed by atoms with E-state index < -0.39 is 11.8 Å². The van der Waals surface area contributed by atoms with Crippen LogP contribution in [0.5, 0.6) is 0 Å². The Balaban J connectivity index is 1.15. The first kappa shape index (κ1) is 23.9. The fourth-order valence-electron chi connectivity index (χ4n) is 4.94. The normalized spacial score (nSPS) is 20.4. The SMILES string of the molecule is CC#CCN1CC(F)(COC(=O)N2CCC(Nc3cc(C4CC4)nc4c(C(C)C)cnn34)CC2)C1. The molecule has 2 aliphatic heterocycles. The van der Waals surface area contributed by atoms with Crippen molar-refractivity contribution in [3.63, 3.8) is 0 Å². The largest absolute Gasteiger partial charge is 0.446 e. The van der Waals surface area contributed by atoms with Gasteiger partial charge in [0.25, 0.3) is 0 Å². The van der Waals surface area contributed by atoms with Crippen molar-refractivity contribution in [2.75, 3.05) is 44.6 Å². The lowest BCUT2D eigenvalue weighted by Gasteiger charge is -2.43. The minimum absolute atomic E-state index is 0.198. The summed E-state index contributed by atoms with van der Waals surface area (Å²) in [5, 5.41) is 8.27. The van der Waals surface area contributed by atoms with Crippen molar-refractivity contribution in [1.82, 2.24) is 24.4 Å². The molecule has 1 aliphatic carbocycles. The summed E-state index contributed by atoms with van der Waals surface area (Å²) in [5.41, 5.74) is 1.77. The Morgan fingerprint density at radius 1 is 1.29 bits per heavy atom. The highest BCUT2D eigenvalue weighted by Crippen LogP contribution is 2.40. The standard InChI is InChI=1S/C26H35FN6O2/c1-4-5-10-31-15-26(27,16-31)17-35-25(34)32-11-8-20(9-12-32)29-23-13-22(19-6-7-19)30-24-21(18(2)3)14-28-33(23)24/h13-14,18-20,29H,6-12,15-17H2,1-3H3. The number of nitrogens with one attached hydrogen (secondary N) is 1. The van der Waals surface area contributed by atoms with Crippen LogP contribution in [0.15, 0.2) is 12.3 Å². The number of hydrogen-bond acceptors (Lipinski definition) is 6. The average Bonchev–Trinajstić information content (AvgIpc) is 3.58. The summed E-state index contributed by atoms with van der Waals surface area (Å²) in [7, 11) is 0. The van der Waals surface area contributed by atoms with E-state index in [1.807, 2.05) is 15.6 Å². The first-order valence-electron chi connectivity index (χ1n) is 12.7. The van der Waals surface area contributed by atoms with Crippen molar-refractivity contribution in [2.45, 2.75) is 70.0 Å². The van der Waals surface area contributed by atoms with E-state index in [-0.39, 0.29) is 25.7 Å². The minimum atomic E-state index is -1.46. The van der Waals surface area contributed by atoms with E-state index in [0.29, 0.717) is 31.5 Å². The van der Waals surface area contributed by atoms with E-state index >= 15 is 0 Å². The van der Waals surface area contributed by atoms with Gasteiger partial charge in [-0.05, 0) is 38.5 Å². The van der Waals surface area contributed by atoms with Gasteiger partial charge in [-0.15, -0.1) is 5.92 Å². The molecular weight excluding hydrogens is 447 g/mol. The Hall–Kier alpha value is -2.86. The van der Waals surface area contributed by atoms with Gasteiger partial charge in [0.15, 0.2) is 11.3 Å². The summed E-state index contributed by atoms with van der Waals surface area (Å²) in [6, 6.07) is 2.35. The second kappa shape index (κ2) is 9.65. The predicted octanol–water partition coefficient (Wildman–Crippen LogP) is 3.79. The molecule has 1 saturated carbocycles. The van der Waals surface area contributed by atoms with E-state index in [0.717, 1.165) is 35.6 Å². The number of aromatic nitrogens is 3. The second-order valence-electron chi connectivity index (χ2n) is 10.5. The van der Waals surface area contributed by atoms with Gasteiger partial charge in [-0.25, -0.2) is 14.2 Å². The number of hydrogen-bond donors (Lipinski definition) is 1. The number of alkyl halides is 1. The third-order valence-corrected chi connectivity index (χ3v) is 7.19. The van der Waals surface area contributed by atoms with Crippen molar-refractivity contribution in [3.8, 4) is 11.8 Å². The molecule has 1 amide bonds. The molecule has 3 fully saturated rings. The molecule has 3 aliphatic rings. The zero-order chi connectivity index (χ0) is 24.6. The van der Waals surface area contributed by atoms with Crippen molar-refractivity contribution in [1.29, 1.82) is 0 Å². The molecule has 0 bridgehead atoms. The van der Waals surface area contributed by atoms with E-state index in [4.69, 9.17) is 9.72 Å². The molecule has 9 heteroatoms. The number of piperidine rings is 1.